The van der Waals surface area contributed by atoms with Gasteiger partial charge in [-0.25, -0.2) is 4.98 Å². The molecule has 0 atom stereocenters. The lowest BCUT2D eigenvalue weighted by atomic mass is 10.1. The molecule has 2 nitrogen and oxygen atoms in total. The third-order valence-electron chi connectivity index (χ3n) is 1.57. The summed E-state index contributed by atoms with van der Waals surface area (Å²) in [6.45, 7) is 6.94. The van der Waals surface area contributed by atoms with Crippen molar-refractivity contribution in [2.75, 3.05) is 0 Å². The topological polar surface area (TPSA) is 38.9 Å². The number of rotatable bonds is 2. The summed E-state index contributed by atoms with van der Waals surface area (Å²) >= 11 is 1.71. The van der Waals surface area contributed by atoms with Crippen LogP contribution >= 0.6 is 11.3 Å². The fourth-order valence-corrected chi connectivity index (χ4v) is 2.05. The minimum atomic E-state index is 0.499. The van der Waals surface area contributed by atoms with Gasteiger partial charge < -0.3 is 5.73 Å². The number of nitrogens with two attached hydrogens (primary N) is 1. The molecule has 11 heavy (non-hydrogen) atoms. The molecular formula is C8H14N2S. The van der Waals surface area contributed by atoms with Crippen molar-refractivity contribution >= 4 is 11.3 Å². The third-order valence-corrected chi connectivity index (χ3v) is 2.58. The van der Waals surface area contributed by atoms with Crippen LogP contribution in [0.15, 0.2) is 0 Å². The van der Waals surface area contributed by atoms with Gasteiger partial charge in [-0.15, -0.1) is 11.3 Å². The largest absolute Gasteiger partial charge is 0.326 e. The number of aryl methyl sites for hydroxylation is 1. The van der Waals surface area contributed by atoms with Crippen LogP contribution in [-0.2, 0) is 6.54 Å². The van der Waals surface area contributed by atoms with E-state index in [-0.39, 0.29) is 0 Å². The van der Waals surface area contributed by atoms with E-state index in [4.69, 9.17) is 5.73 Å². The Morgan fingerprint density at radius 3 is 2.55 bits per heavy atom. The van der Waals surface area contributed by atoms with E-state index in [0.717, 1.165) is 5.01 Å². The van der Waals surface area contributed by atoms with Crippen molar-refractivity contribution < 1.29 is 0 Å². The summed E-state index contributed by atoms with van der Waals surface area (Å²) in [6.07, 6.45) is 0. The summed E-state index contributed by atoms with van der Waals surface area (Å²) < 4.78 is 0. The molecule has 0 saturated carbocycles. The predicted octanol–water partition coefficient (Wildman–Crippen LogP) is 2.03. The molecule has 1 aromatic heterocycles. The molecule has 1 heterocycles. The lowest BCUT2D eigenvalue weighted by Gasteiger charge is -2.01. The van der Waals surface area contributed by atoms with Crippen LogP contribution in [0.4, 0.5) is 0 Å². The van der Waals surface area contributed by atoms with Crippen molar-refractivity contribution in [2.45, 2.75) is 33.2 Å². The Balaban J connectivity index is 3.02. The van der Waals surface area contributed by atoms with Crippen molar-refractivity contribution in [2.24, 2.45) is 5.73 Å². The van der Waals surface area contributed by atoms with Crippen LogP contribution in [-0.4, -0.2) is 4.98 Å². The molecule has 0 fully saturated rings. The van der Waals surface area contributed by atoms with Gasteiger partial charge >= 0.3 is 0 Å². The van der Waals surface area contributed by atoms with Crippen LogP contribution < -0.4 is 5.73 Å². The van der Waals surface area contributed by atoms with Gasteiger partial charge in [0, 0.05) is 11.4 Å². The van der Waals surface area contributed by atoms with E-state index in [9.17, 15) is 0 Å². The van der Waals surface area contributed by atoms with Gasteiger partial charge in [0.1, 0.15) is 0 Å². The smallest absolute Gasteiger partial charge is 0.0900 e. The summed E-state index contributed by atoms with van der Waals surface area (Å²) in [5.41, 5.74) is 6.75. The zero-order valence-corrected chi connectivity index (χ0v) is 8.03. The van der Waals surface area contributed by atoms with Crippen molar-refractivity contribution in [3.8, 4) is 0 Å². The van der Waals surface area contributed by atoms with E-state index >= 15 is 0 Å². The van der Waals surface area contributed by atoms with E-state index in [0.29, 0.717) is 12.5 Å². The maximum absolute atomic E-state index is 5.57. The van der Waals surface area contributed by atoms with Crippen LogP contribution in [0.25, 0.3) is 0 Å². The zero-order chi connectivity index (χ0) is 8.43. The van der Waals surface area contributed by atoms with Crippen LogP contribution in [0.2, 0.25) is 0 Å². The third kappa shape index (κ3) is 1.79. The monoisotopic (exact) mass is 170 g/mol. The standard InChI is InChI=1S/C8H14N2S/c1-5(2)8-7(4-9)11-6(3)10-8/h5H,4,9H2,1-3H3. The van der Waals surface area contributed by atoms with Gasteiger partial charge in [0.25, 0.3) is 0 Å². The molecule has 0 aliphatic carbocycles. The first kappa shape index (κ1) is 8.68. The minimum absolute atomic E-state index is 0.499. The summed E-state index contributed by atoms with van der Waals surface area (Å²) in [5, 5.41) is 1.12. The molecule has 0 aromatic carbocycles. The lowest BCUT2D eigenvalue weighted by Crippen LogP contribution is -1.99. The highest BCUT2D eigenvalue weighted by Gasteiger charge is 2.09. The molecule has 0 spiro atoms. The number of aromatic nitrogens is 1. The molecule has 0 bridgehead atoms. The maximum Gasteiger partial charge on any atom is 0.0900 e. The first-order valence-corrected chi connectivity index (χ1v) is 4.63. The van der Waals surface area contributed by atoms with E-state index < -0.39 is 0 Å². The fraction of sp³-hybridized carbons (Fsp3) is 0.625. The predicted molar refractivity (Wildman–Crippen MR) is 48.8 cm³/mol. The first-order valence-electron chi connectivity index (χ1n) is 3.81. The molecule has 0 saturated heterocycles. The number of hydrogen-bond acceptors (Lipinski definition) is 3. The van der Waals surface area contributed by atoms with E-state index in [2.05, 4.69) is 18.8 Å². The molecule has 0 radical (unpaired) electrons. The molecule has 1 rings (SSSR count). The zero-order valence-electron chi connectivity index (χ0n) is 7.22. The second kappa shape index (κ2) is 3.32. The maximum atomic E-state index is 5.57. The number of thiazole rings is 1. The van der Waals surface area contributed by atoms with Crippen LogP contribution in [0.3, 0.4) is 0 Å². The normalized spacial score (nSPS) is 11.0. The molecule has 0 aliphatic heterocycles. The fourth-order valence-electron chi connectivity index (χ4n) is 1.08. The number of nitrogens with zero attached hydrogens (tertiary/aromatic N) is 1. The molecule has 3 heteroatoms. The Bertz CT molecular complexity index is 240. The Kier molecular flexibility index (Phi) is 2.62. The van der Waals surface area contributed by atoms with Crippen molar-refractivity contribution in [3.63, 3.8) is 0 Å². The van der Waals surface area contributed by atoms with E-state index in [1.165, 1.54) is 10.6 Å². The molecule has 1 aromatic rings. The second-order valence-corrected chi connectivity index (χ2v) is 4.19. The second-order valence-electron chi connectivity index (χ2n) is 2.90. The van der Waals surface area contributed by atoms with Crippen LogP contribution in [0.1, 0.15) is 35.3 Å². The van der Waals surface area contributed by atoms with E-state index in [1.54, 1.807) is 11.3 Å². The molecule has 62 valence electrons. The molecule has 0 unspecified atom stereocenters. The van der Waals surface area contributed by atoms with Gasteiger partial charge in [-0.05, 0) is 12.8 Å². The Morgan fingerprint density at radius 1 is 1.55 bits per heavy atom. The summed E-state index contributed by atoms with van der Waals surface area (Å²) in [5.74, 6) is 0.499. The van der Waals surface area contributed by atoms with Crippen molar-refractivity contribution in [1.29, 1.82) is 0 Å². The Morgan fingerprint density at radius 2 is 2.18 bits per heavy atom. The van der Waals surface area contributed by atoms with Crippen LogP contribution in [0, 0.1) is 6.92 Å². The molecule has 0 aliphatic rings. The Labute approximate surface area is 71.5 Å². The quantitative estimate of drug-likeness (QED) is 0.737. The summed E-state index contributed by atoms with van der Waals surface area (Å²) in [6, 6.07) is 0. The average molecular weight is 170 g/mol. The molecular weight excluding hydrogens is 156 g/mol. The molecule has 2 N–H and O–H groups in total. The Hall–Kier alpha value is -0.410. The van der Waals surface area contributed by atoms with Gasteiger partial charge in [0.05, 0.1) is 10.7 Å². The summed E-state index contributed by atoms with van der Waals surface area (Å²) in [4.78, 5) is 5.65. The highest BCUT2D eigenvalue weighted by Crippen LogP contribution is 2.23. The number of hydrogen-bond donors (Lipinski definition) is 1. The van der Waals surface area contributed by atoms with Gasteiger partial charge in [-0.3, -0.25) is 0 Å². The van der Waals surface area contributed by atoms with Crippen LogP contribution in [0.5, 0.6) is 0 Å². The van der Waals surface area contributed by atoms with Gasteiger partial charge in [0.15, 0.2) is 0 Å². The molecule has 0 amide bonds. The summed E-state index contributed by atoms with van der Waals surface area (Å²) in [7, 11) is 0. The van der Waals surface area contributed by atoms with Gasteiger partial charge in [-0.1, -0.05) is 13.8 Å². The highest BCUT2D eigenvalue weighted by atomic mass is 32.1. The SMILES string of the molecule is Cc1nc(C(C)C)c(CN)s1. The first-order chi connectivity index (χ1) is 5.15. The lowest BCUT2D eigenvalue weighted by molar-refractivity contribution is 0.809. The van der Waals surface area contributed by atoms with Crippen molar-refractivity contribution in [1.82, 2.24) is 4.98 Å². The minimum Gasteiger partial charge on any atom is -0.326 e. The van der Waals surface area contributed by atoms with Gasteiger partial charge in [0.2, 0.25) is 0 Å². The highest BCUT2D eigenvalue weighted by molar-refractivity contribution is 7.11. The average Bonchev–Trinajstić information content (AvgIpc) is 2.30. The van der Waals surface area contributed by atoms with Crippen molar-refractivity contribution in [3.05, 3.63) is 15.6 Å². The van der Waals surface area contributed by atoms with E-state index in [1.807, 2.05) is 6.92 Å². The van der Waals surface area contributed by atoms with Gasteiger partial charge in [-0.2, -0.15) is 0 Å².